The summed E-state index contributed by atoms with van der Waals surface area (Å²) in [5.74, 6) is -0.321. The molecule has 5 heteroatoms. The highest BCUT2D eigenvalue weighted by Gasteiger charge is 2.19. The lowest BCUT2D eigenvalue weighted by atomic mass is 10.2. The molecule has 0 atom stereocenters. The number of carbonyl (C=O) groups is 2. The van der Waals surface area contributed by atoms with Gasteiger partial charge in [0.15, 0.2) is 0 Å². The fraction of sp³-hybridized carbons (Fsp3) is 0.857. The molecule has 0 rings (SSSR count). The van der Waals surface area contributed by atoms with E-state index >= 15 is 0 Å². The summed E-state index contributed by atoms with van der Waals surface area (Å²) < 4.78 is 4.92. The maximum atomic E-state index is 11.9. The Bertz CT molecular complexity index is 276. The average molecular weight is 272 g/mol. The number of rotatable bonds is 9. The van der Waals surface area contributed by atoms with Crippen LogP contribution in [0.4, 0.5) is 0 Å². The molecular formula is C14H28N2O3. The van der Waals surface area contributed by atoms with Gasteiger partial charge in [0.05, 0.1) is 19.7 Å². The first-order chi connectivity index (χ1) is 8.94. The van der Waals surface area contributed by atoms with Gasteiger partial charge in [-0.1, -0.05) is 13.8 Å². The fourth-order valence-electron chi connectivity index (χ4n) is 1.74. The highest BCUT2D eigenvalue weighted by molar-refractivity contribution is 5.79. The number of nitrogens with zero attached hydrogens (tertiary/aromatic N) is 1. The van der Waals surface area contributed by atoms with Crippen LogP contribution >= 0.6 is 0 Å². The first kappa shape index (κ1) is 17.9. The van der Waals surface area contributed by atoms with Crippen molar-refractivity contribution in [1.82, 2.24) is 10.2 Å². The van der Waals surface area contributed by atoms with E-state index in [4.69, 9.17) is 4.74 Å². The van der Waals surface area contributed by atoms with Crippen LogP contribution in [0.2, 0.25) is 0 Å². The van der Waals surface area contributed by atoms with Gasteiger partial charge in [-0.3, -0.25) is 14.5 Å². The van der Waals surface area contributed by atoms with Gasteiger partial charge in [0, 0.05) is 12.1 Å². The standard InChI is InChI=1S/C14H28N2O3/c1-6-12(7-2)15-13(17)9-16(11(4)5)10-14(18)19-8-3/h11-12H,6-10H2,1-5H3,(H,15,17). The molecule has 19 heavy (non-hydrogen) atoms. The smallest absolute Gasteiger partial charge is 0.320 e. The summed E-state index contributed by atoms with van der Waals surface area (Å²) in [5, 5.41) is 2.97. The maximum Gasteiger partial charge on any atom is 0.320 e. The summed E-state index contributed by atoms with van der Waals surface area (Å²) in [6, 6.07) is 0.334. The number of nitrogens with one attached hydrogen (secondary N) is 1. The molecule has 0 saturated carbocycles. The van der Waals surface area contributed by atoms with E-state index in [0.717, 1.165) is 12.8 Å². The quantitative estimate of drug-likeness (QED) is 0.647. The second-order valence-electron chi connectivity index (χ2n) is 4.88. The molecule has 0 aromatic rings. The Morgan fingerprint density at radius 2 is 1.68 bits per heavy atom. The summed E-state index contributed by atoms with van der Waals surface area (Å²) in [6.45, 7) is 10.5. The number of carbonyl (C=O) groups excluding carboxylic acids is 2. The Hall–Kier alpha value is -1.10. The first-order valence-corrected chi connectivity index (χ1v) is 7.13. The Morgan fingerprint density at radius 3 is 2.11 bits per heavy atom. The van der Waals surface area contributed by atoms with E-state index in [1.807, 2.05) is 32.6 Å². The van der Waals surface area contributed by atoms with Crippen molar-refractivity contribution in [2.75, 3.05) is 19.7 Å². The van der Waals surface area contributed by atoms with E-state index in [1.54, 1.807) is 6.92 Å². The Kier molecular flexibility index (Phi) is 9.21. The molecule has 0 spiro atoms. The molecule has 1 amide bonds. The van der Waals surface area contributed by atoms with E-state index in [1.165, 1.54) is 0 Å². The van der Waals surface area contributed by atoms with Crippen LogP contribution in [-0.4, -0.2) is 48.6 Å². The molecule has 112 valence electrons. The normalized spacial score (nSPS) is 11.2. The van der Waals surface area contributed by atoms with Crippen molar-refractivity contribution in [1.29, 1.82) is 0 Å². The SMILES string of the molecule is CCOC(=O)CN(CC(=O)NC(CC)CC)C(C)C. The van der Waals surface area contributed by atoms with Crippen LogP contribution in [-0.2, 0) is 14.3 Å². The minimum Gasteiger partial charge on any atom is -0.465 e. The van der Waals surface area contributed by atoms with E-state index in [0.29, 0.717) is 6.61 Å². The predicted octanol–water partition coefficient (Wildman–Crippen LogP) is 1.56. The molecule has 0 aliphatic carbocycles. The van der Waals surface area contributed by atoms with Crippen LogP contribution in [0, 0.1) is 0 Å². The van der Waals surface area contributed by atoms with Crippen molar-refractivity contribution in [3.63, 3.8) is 0 Å². The lowest BCUT2D eigenvalue weighted by Gasteiger charge is -2.25. The molecule has 0 aromatic carbocycles. The molecule has 0 unspecified atom stereocenters. The zero-order valence-electron chi connectivity index (χ0n) is 12.9. The van der Waals surface area contributed by atoms with E-state index in [2.05, 4.69) is 5.32 Å². The Labute approximate surface area is 116 Å². The summed E-state index contributed by atoms with van der Waals surface area (Å²) in [6.07, 6.45) is 1.84. The molecule has 0 aromatic heterocycles. The maximum absolute atomic E-state index is 11.9. The number of esters is 1. The third-order valence-corrected chi connectivity index (χ3v) is 3.07. The van der Waals surface area contributed by atoms with Crippen LogP contribution < -0.4 is 5.32 Å². The molecule has 5 nitrogen and oxygen atoms in total. The number of hydrogen-bond acceptors (Lipinski definition) is 4. The topological polar surface area (TPSA) is 58.6 Å². The monoisotopic (exact) mass is 272 g/mol. The number of amides is 1. The number of hydrogen-bond donors (Lipinski definition) is 1. The molecule has 0 heterocycles. The van der Waals surface area contributed by atoms with Crippen LogP contribution in [0.5, 0.6) is 0 Å². The predicted molar refractivity (Wildman–Crippen MR) is 75.9 cm³/mol. The minimum absolute atomic E-state index is 0.0355. The summed E-state index contributed by atoms with van der Waals surface area (Å²) in [7, 11) is 0. The summed E-state index contributed by atoms with van der Waals surface area (Å²) >= 11 is 0. The highest BCUT2D eigenvalue weighted by Crippen LogP contribution is 2.01. The van der Waals surface area contributed by atoms with Crippen LogP contribution in [0.15, 0.2) is 0 Å². The van der Waals surface area contributed by atoms with Gasteiger partial charge < -0.3 is 10.1 Å². The second kappa shape index (κ2) is 9.78. The van der Waals surface area contributed by atoms with Crippen molar-refractivity contribution >= 4 is 11.9 Å². The van der Waals surface area contributed by atoms with Gasteiger partial charge in [0.1, 0.15) is 0 Å². The molecule has 0 fully saturated rings. The van der Waals surface area contributed by atoms with Gasteiger partial charge >= 0.3 is 5.97 Å². The zero-order chi connectivity index (χ0) is 14.8. The van der Waals surface area contributed by atoms with Gasteiger partial charge in [-0.15, -0.1) is 0 Å². The number of ether oxygens (including phenoxy) is 1. The van der Waals surface area contributed by atoms with Crippen molar-refractivity contribution in [2.45, 2.75) is 59.5 Å². The van der Waals surface area contributed by atoms with Crippen LogP contribution in [0.3, 0.4) is 0 Å². The average Bonchev–Trinajstić information content (AvgIpc) is 2.35. The zero-order valence-corrected chi connectivity index (χ0v) is 12.9. The van der Waals surface area contributed by atoms with Crippen molar-refractivity contribution < 1.29 is 14.3 Å². The Balaban J connectivity index is 4.33. The summed E-state index contributed by atoms with van der Waals surface area (Å²) in [4.78, 5) is 25.2. The molecule has 1 N–H and O–H groups in total. The van der Waals surface area contributed by atoms with Crippen LogP contribution in [0.25, 0.3) is 0 Å². The lowest BCUT2D eigenvalue weighted by Crippen LogP contribution is -2.46. The third kappa shape index (κ3) is 7.82. The van der Waals surface area contributed by atoms with Gasteiger partial charge in [-0.25, -0.2) is 0 Å². The van der Waals surface area contributed by atoms with Gasteiger partial charge in [-0.05, 0) is 33.6 Å². The van der Waals surface area contributed by atoms with Crippen molar-refractivity contribution in [2.24, 2.45) is 0 Å². The van der Waals surface area contributed by atoms with E-state index in [-0.39, 0.29) is 37.0 Å². The van der Waals surface area contributed by atoms with Crippen LogP contribution in [0.1, 0.15) is 47.5 Å². The largest absolute Gasteiger partial charge is 0.465 e. The van der Waals surface area contributed by atoms with Gasteiger partial charge in [0.25, 0.3) is 0 Å². The molecule has 0 bridgehead atoms. The third-order valence-electron chi connectivity index (χ3n) is 3.07. The van der Waals surface area contributed by atoms with E-state index < -0.39 is 0 Å². The van der Waals surface area contributed by atoms with Crippen molar-refractivity contribution in [3.8, 4) is 0 Å². The van der Waals surface area contributed by atoms with Gasteiger partial charge in [0.2, 0.25) is 5.91 Å². The Morgan fingerprint density at radius 1 is 1.11 bits per heavy atom. The highest BCUT2D eigenvalue weighted by atomic mass is 16.5. The second-order valence-corrected chi connectivity index (χ2v) is 4.88. The first-order valence-electron chi connectivity index (χ1n) is 7.13. The van der Waals surface area contributed by atoms with Crippen molar-refractivity contribution in [3.05, 3.63) is 0 Å². The fourth-order valence-corrected chi connectivity index (χ4v) is 1.74. The van der Waals surface area contributed by atoms with E-state index in [9.17, 15) is 9.59 Å². The molecule has 0 aliphatic heterocycles. The summed E-state index contributed by atoms with van der Waals surface area (Å²) in [5.41, 5.74) is 0. The molecule has 0 aliphatic rings. The molecular weight excluding hydrogens is 244 g/mol. The van der Waals surface area contributed by atoms with Gasteiger partial charge in [-0.2, -0.15) is 0 Å². The lowest BCUT2D eigenvalue weighted by molar-refractivity contribution is -0.145. The molecule has 0 saturated heterocycles. The molecule has 0 radical (unpaired) electrons. The minimum atomic E-state index is -0.286.